The van der Waals surface area contributed by atoms with E-state index in [0.717, 1.165) is 11.5 Å². The van der Waals surface area contributed by atoms with Gasteiger partial charge in [0, 0.05) is 63.6 Å². The van der Waals surface area contributed by atoms with Crippen LogP contribution in [0.2, 0.25) is 0 Å². The fraction of sp³-hybridized carbons (Fsp3) is 0.522. The molecular weight excluding hydrogens is 456 g/mol. The lowest BCUT2D eigenvalue weighted by Gasteiger charge is -2.31. The van der Waals surface area contributed by atoms with Crippen molar-refractivity contribution in [2.24, 2.45) is 0 Å². The Labute approximate surface area is 200 Å². The predicted molar refractivity (Wildman–Crippen MR) is 128 cm³/mol. The number of rotatable bonds is 6. The summed E-state index contributed by atoms with van der Waals surface area (Å²) in [6.07, 6.45) is 2.02. The van der Waals surface area contributed by atoms with Crippen LogP contribution in [0.25, 0.3) is 0 Å². The van der Waals surface area contributed by atoms with Crippen molar-refractivity contribution in [2.75, 3.05) is 64.8 Å². The van der Waals surface area contributed by atoms with Crippen LogP contribution < -0.4 is 4.90 Å². The van der Waals surface area contributed by atoms with Crippen molar-refractivity contribution in [2.45, 2.75) is 23.8 Å². The van der Waals surface area contributed by atoms with Gasteiger partial charge < -0.3 is 19.8 Å². The smallest absolute Gasteiger partial charge is 0.253 e. The van der Waals surface area contributed by atoms with E-state index < -0.39 is 15.6 Å². The molecule has 1 amide bonds. The second-order valence-corrected chi connectivity index (χ2v) is 11.2. The number of nitrogens with zero attached hydrogens (tertiary/aromatic N) is 6. The van der Waals surface area contributed by atoms with Crippen LogP contribution >= 0.6 is 0 Å². The topological polar surface area (TPSA) is 110 Å². The van der Waals surface area contributed by atoms with E-state index in [2.05, 4.69) is 14.9 Å². The lowest BCUT2D eigenvalue weighted by Crippen LogP contribution is -2.47. The van der Waals surface area contributed by atoms with Gasteiger partial charge in [-0.2, -0.15) is 4.31 Å². The van der Waals surface area contributed by atoms with Crippen LogP contribution in [0.1, 0.15) is 22.5 Å². The molecule has 1 N–H and O–H groups in total. The summed E-state index contributed by atoms with van der Waals surface area (Å²) in [5, 5.41) is 11.1. The number of aliphatic hydroxyl groups is 1. The van der Waals surface area contributed by atoms with Gasteiger partial charge in [-0.1, -0.05) is 0 Å². The zero-order valence-electron chi connectivity index (χ0n) is 19.9. The van der Waals surface area contributed by atoms with Crippen molar-refractivity contribution in [3.8, 4) is 0 Å². The minimum absolute atomic E-state index is 0.160. The Morgan fingerprint density at radius 3 is 2.44 bits per heavy atom. The number of piperazine rings is 1. The SMILES string of the molecule is Cc1cc(N2CC[C@](O)(CN(C)C(=O)c3ccc(S(=O)(=O)N4CCN(C)CC4)cc3)C2)ncn1. The van der Waals surface area contributed by atoms with Crippen molar-refractivity contribution >= 4 is 21.7 Å². The number of sulfonamides is 1. The van der Waals surface area contributed by atoms with Gasteiger partial charge in [0.25, 0.3) is 5.91 Å². The Morgan fingerprint density at radius 1 is 1.12 bits per heavy atom. The van der Waals surface area contributed by atoms with Gasteiger partial charge in [-0.25, -0.2) is 18.4 Å². The first kappa shape index (κ1) is 24.5. The lowest BCUT2D eigenvalue weighted by atomic mass is 10.0. The summed E-state index contributed by atoms with van der Waals surface area (Å²) in [5.41, 5.74) is 0.170. The molecule has 2 aromatic rings. The number of β-amino-alcohol motifs (C(OH)–C–C–N with tert-alkyl or cyclic N) is 1. The number of aromatic nitrogens is 2. The third-order valence-electron chi connectivity index (χ3n) is 6.53. The molecule has 2 aliphatic heterocycles. The van der Waals surface area contributed by atoms with E-state index in [4.69, 9.17) is 0 Å². The molecule has 2 aliphatic rings. The molecule has 1 aromatic carbocycles. The zero-order chi connectivity index (χ0) is 24.5. The highest BCUT2D eigenvalue weighted by Crippen LogP contribution is 2.27. The average molecular weight is 489 g/mol. The monoisotopic (exact) mass is 488 g/mol. The summed E-state index contributed by atoms with van der Waals surface area (Å²) in [7, 11) is 0.0288. The fourth-order valence-corrected chi connectivity index (χ4v) is 5.90. The molecule has 34 heavy (non-hydrogen) atoms. The summed E-state index contributed by atoms with van der Waals surface area (Å²) in [4.78, 5) is 27.1. The largest absolute Gasteiger partial charge is 0.386 e. The molecule has 3 heterocycles. The Hall–Kier alpha value is -2.60. The maximum absolute atomic E-state index is 13.0. The number of amides is 1. The molecule has 4 rings (SSSR count). The molecule has 0 saturated carbocycles. The van der Waals surface area contributed by atoms with Gasteiger partial charge >= 0.3 is 0 Å². The normalized spacial score (nSPS) is 22.2. The van der Waals surface area contributed by atoms with E-state index in [-0.39, 0.29) is 17.3 Å². The summed E-state index contributed by atoms with van der Waals surface area (Å²) < 4.78 is 27.3. The van der Waals surface area contributed by atoms with Crippen molar-refractivity contribution in [1.82, 2.24) is 24.1 Å². The Balaban J connectivity index is 1.39. The number of likely N-dealkylation sites (N-methyl/N-ethyl adjacent to an activating group) is 2. The van der Waals surface area contributed by atoms with Gasteiger partial charge in [-0.05, 0) is 44.7 Å². The highest BCUT2D eigenvalue weighted by molar-refractivity contribution is 7.89. The molecule has 1 aromatic heterocycles. The highest BCUT2D eigenvalue weighted by atomic mass is 32.2. The van der Waals surface area contributed by atoms with Gasteiger partial charge in [0.2, 0.25) is 10.0 Å². The molecule has 11 heteroatoms. The van der Waals surface area contributed by atoms with Crippen LogP contribution in [0.15, 0.2) is 41.6 Å². The van der Waals surface area contributed by atoms with E-state index in [1.54, 1.807) is 7.05 Å². The van der Waals surface area contributed by atoms with Gasteiger partial charge in [0.15, 0.2) is 0 Å². The Morgan fingerprint density at radius 2 is 1.79 bits per heavy atom. The van der Waals surface area contributed by atoms with Crippen molar-refractivity contribution < 1.29 is 18.3 Å². The number of carbonyl (C=O) groups excluding carboxylic acids is 1. The van der Waals surface area contributed by atoms with Crippen LogP contribution in [0.3, 0.4) is 0 Å². The molecule has 0 radical (unpaired) electrons. The predicted octanol–water partition coefficient (Wildman–Crippen LogP) is 0.435. The molecule has 10 nitrogen and oxygen atoms in total. The Bertz CT molecular complexity index is 1130. The van der Waals surface area contributed by atoms with E-state index in [1.807, 2.05) is 24.9 Å². The first-order chi connectivity index (χ1) is 16.1. The molecule has 2 saturated heterocycles. The maximum atomic E-state index is 13.0. The molecule has 2 fully saturated rings. The minimum atomic E-state index is -3.59. The van der Waals surface area contributed by atoms with Gasteiger partial charge in [-0.15, -0.1) is 0 Å². The van der Waals surface area contributed by atoms with Crippen LogP contribution in [-0.4, -0.2) is 109 Å². The number of benzene rings is 1. The minimum Gasteiger partial charge on any atom is -0.386 e. The molecule has 0 unspecified atom stereocenters. The number of aryl methyl sites for hydroxylation is 1. The molecule has 184 valence electrons. The van der Waals surface area contributed by atoms with Crippen molar-refractivity contribution in [3.05, 3.63) is 47.9 Å². The quantitative estimate of drug-likeness (QED) is 0.624. The summed E-state index contributed by atoms with van der Waals surface area (Å²) in [5.74, 6) is 0.489. The highest BCUT2D eigenvalue weighted by Gasteiger charge is 2.38. The van der Waals surface area contributed by atoms with E-state index in [1.165, 1.54) is 39.8 Å². The van der Waals surface area contributed by atoms with Gasteiger partial charge in [-0.3, -0.25) is 4.79 Å². The van der Waals surface area contributed by atoms with Crippen LogP contribution in [-0.2, 0) is 10.0 Å². The summed E-state index contributed by atoms with van der Waals surface area (Å²) in [6, 6.07) is 7.92. The number of hydrogen-bond donors (Lipinski definition) is 1. The number of carbonyl (C=O) groups is 1. The number of anilines is 1. The lowest BCUT2D eigenvalue weighted by molar-refractivity contribution is 0.0264. The van der Waals surface area contributed by atoms with Crippen molar-refractivity contribution in [3.63, 3.8) is 0 Å². The molecular formula is C23H32N6O4S. The summed E-state index contributed by atoms with van der Waals surface area (Å²) >= 11 is 0. The van der Waals surface area contributed by atoms with E-state index in [0.29, 0.717) is 51.3 Å². The van der Waals surface area contributed by atoms with Gasteiger partial charge in [0.1, 0.15) is 17.7 Å². The standard InChI is InChI=1S/C23H32N6O4S/c1-18-14-21(25-17-24-18)28-9-8-23(31,16-28)15-27(3)22(30)19-4-6-20(7-5-19)34(32,33)29-12-10-26(2)11-13-29/h4-7,14,17,31H,8-13,15-16H2,1-3H3/t23-/m0/s1. The molecule has 0 spiro atoms. The fourth-order valence-electron chi connectivity index (χ4n) is 4.48. The average Bonchev–Trinajstić information content (AvgIpc) is 3.20. The maximum Gasteiger partial charge on any atom is 0.253 e. The third-order valence-corrected chi connectivity index (χ3v) is 8.44. The second kappa shape index (κ2) is 9.57. The van der Waals surface area contributed by atoms with Crippen LogP contribution in [0, 0.1) is 6.92 Å². The molecule has 0 aliphatic carbocycles. The first-order valence-electron chi connectivity index (χ1n) is 11.4. The number of hydrogen-bond acceptors (Lipinski definition) is 8. The summed E-state index contributed by atoms with van der Waals surface area (Å²) in [6.45, 7) is 5.33. The Kier molecular flexibility index (Phi) is 6.90. The second-order valence-electron chi connectivity index (χ2n) is 9.31. The van der Waals surface area contributed by atoms with E-state index in [9.17, 15) is 18.3 Å². The van der Waals surface area contributed by atoms with Crippen LogP contribution in [0.4, 0.5) is 5.82 Å². The zero-order valence-corrected chi connectivity index (χ0v) is 20.7. The molecule has 1 atom stereocenters. The third kappa shape index (κ3) is 5.22. The van der Waals surface area contributed by atoms with Gasteiger partial charge in [0.05, 0.1) is 11.4 Å². The van der Waals surface area contributed by atoms with E-state index >= 15 is 0 Å². The molecule has 0 bridgehead atoms. The van der Waals surface area contributed by atoms with Crippen LogP contribution in [0.5, 0.6) is 0 Å². The van der Waals surface area contributed by atoms with Crippen molar-refractivity contribution in [1.29, 1.82) is 0 Å². The first-order valence-corrected chi connectivity index (χ1v) is 12.8.